The Morgan fingerprint density at radius 2 is 2.00 bits per heavy atom. The van der Waals surface area contributed by atoms with Crippen LogP contribution in [0.2, 0.25) is 0 Å². The van der Waals surface area contributed by atoms with Gasteiger partial charge in [0.2, 0.25) is 0 Å². The quantitative estimate of drug-likeness (QED) is 0.912. The number of aromatic nitrogens is 1. The smallest absolute Gasteiger partial charge is 0.137 e. The lowest BCUT2D eigenvalue weighted by Gasteiger charge is -2.06. The molecule has 0 radical (unpaired) electrons. The number of benzene rings is 1. The number of nitrogens with zero attached hydrogens (tertiary/aromatic N) is 1. The second-order valence-electron chi connectivity index (χ2n) is 3.33. The van der Waals surface area contributed by atoms with Crippen LogP contribution in [0.4, 0.5) is 8.78 Å². The molecule has 0 fully saturated rings. The summed E-state index contributed by atoms with van der Waals surface area (Å²) in [6.07, 6.45) is 1.62. The number of rotatable bonds is 3. The zero-order valence-electron chi connectivity index (χ0n) is 8.86. The molecule has 2 nitrogen and oxygen atoms in total. The SMILES string of the molecule is NCc1ncccc1Sc1cc(F)ccc1F. The van der Waals surface area contributed by atoms with Gasteiger partial charge in [0.05, 0.1) is 10.6 Å². The molecule has 0 spiro atoms. The number of nitrogens with two attached hydrogens (primary N) is 1. The molecular formula is C12H10F2N2S. The van der Waals surface area contributed by atoms with E-state index in [2.05, 4.69) is 4.98 Å². The Hall–Kier alpha value is -1.46. The molecule has 2 aromatic rings. The van der Waals surface area contributed by atoms with Crippen molar-refractivity contribution in [3.05, 3.63) is 53.9 Å². The maximum atomic E-state index is 13.5. The summed E-state index contributed by atoms with van der Waals surface area (Å²) in [5.74, 6) is -0.921. The normalized spacial score (nSPS) is 10.5. The van der Waals surface area contributed by atoms with Gasteiger partial charge < -0.3 is 5.73 Å². The zero-order chi connectivity index (χ0) is 12.3. The second kappa shape index (κ2) is 5.25. The van der Waals surface area contributed by atoms with Crippen molar-refractivity contribution in [2.75, 3.05) is 0 Å². The molecule has 5 heteroatoms. The van der Waals surface area contributed by atoms with E-state index < -0.39 is 11.6 Å². The summed E-state index contributed by atoms with van der Waals surface area (Å²) >= 11 is 1.12. The van der Waals surface area contributed by atoms with Gasteiger partial charge in [-0.05, 0) is 30.3 Å². The average molecular weight is 252 g/mol. The standard InChI is InChI=1S/C12H10F2N2S/c13-8-3-4-9(14)12(6-8)17-11-2-1-5-16-10(11)7-15/h1-6H,7,15H2. The van der Waals surface area contributed by atoms with E-state index in [0.717, 1.165) is 34.9 Å². The van der Waals surface area contributed by atoms with Gasteiger partial charge in [-0.3, -0.25) is 4.98 Å². The Morgan fingerprint density at radius 1 is 1.18 bits per heavy atom. The third-order valence-electron chi connectivity index (χ3n) is 2.15. The Kier molecular flexibility index (Phi) is 3.71. The highest BCUT2D eigenvalue weighted by atomic mass is 32.2. The van der Waals surface area contributed by atoms with E-state index in [1.165, 1.54) is 0 Å². The summed E-state index contributed by atoms with van der Waals surface area (Å²) in [6.45, 7) is 0.264. The zero-order valence-corrected chi connectivity index (χ0v) is 9.68. The molecule has 0 bridgehead atoms. The summed E-state index contributed by atoms with van der Waals surface area (Å²) in [7, 11) is 0. The van der Waals surface area contributed by atoms with Crippen LogP contribution in [0.3, 0.4) is 0 Å². The third-order valence-corrected chi connectivity index (χ3v) is 3.28. The first-order valence-electron chi connectivity index (χ1n) is 4.97. The lowest BCUT2D eigenvalue weighted by molar-refractivity contribution is 0.577. The van der Waals surface area contributed by atoms with Crippen LogP contribution < -0.4 is 5.73 Å². The van der Waals surface area contributed by atoms with Crippen LogP contribution >= 0.6 is 11.8 Å². The van der Waals surface area contributed by atoms with Crippen LogP contribution in [0.5, 0.6) is 0 Å². The molecule has 17 heavy (non-hydrogen) atoms. The maximum absolute atomic E-state index is 13.5. The highest BCUT2D eigenvalue weighted by molar-refractivity contribution is 7.99. The molecule has 0 saturated carbocycles. The predicted molar refractivity (Wildman–Crippen MR) is 62.6 cm³/mol. The topological polar surface area (TPSA) is 38.9 Å². The summed E-state index contributed by atoms with van der Waals surface area (Å²) in [5, 5.41) is 0. The van der Waals surface area contributed by atoms with Crippen LogP contribution in [0, 0.1) is 11.6 Å². The van der Waals surface area contributed by atoms with Gasteiger partial charge in [0.1, 0.15) is 11.6 Å². The molecule has 0 unspecified atom stereocenters. The van der Waals surface area contributed by atoms with Gasteiger partial charge in [-0.1, -0.05) is 11.8 Å². The second-order valence-corrected chi connectivity index (χ2v) is 4.41. The Labute approximate surface area is 102 Å². The molecule has 1 heterocycles. The summed E-state index contributed by atoms with van der Waals surface area (Å²) in [5.41, 5.74) is 6.20. The van der Waals surface area contributed by atoms with Crippen molar-refractivity contribution in [3.8, 4) is 0 Å². The van der Waals surface area contributed by atoms with Crippen molar-refractivity contribution in [2.45, 2.75) is 16.3 Å². The molecule has 0 aliphatic heterocycles. The van der Waals surface area contributed by atoms with E-state index in [1.807, 2.05) is 0 Å². The molecule has 2 N–H and O–H groups in total. The highest BCUT2D eigenvalue weighted by Gasteiger charge is 2.09. The van der Waals surface area contributed by atoms with E-state index >= 15 is 0 Å². The Morgan fingerprint density at radius 3 is 2.76 bits per heavy atom. The molecule has 2 rings (SSSR count). The Bertz CT molecular complexity index is 532. The van der Waals surface area contributed by atoms with Crippen LogP contribution in [0.25, 0.3) is 0 Å². The van der Waals surface area contributed by atoms with E-state index in [9.17, 15) is 8.78 Å². The van der Waals surface area contributed by atoms with Crippen molar-refractivity contribution < 1.29 is 8.78 Å². The first-order chi connectivity index (χ1) is 8.20. The molecule has 88 valence electrons. The summed E-state index contributed by atoms with van der Waals surface area (Å²) in [6, 6.07) is 6.87. The van der Waals surface area contributed by atoms with Gasteiger partial charge in [-0.25, -0.2) is 8.78 Å². The largest absolute Gasteiger partial charge is 0.325 e. The number of pyridine rings is 1. The average Bonchev–Trinajstić information content (AvgIpc) is 2.34. The number of hydrogen-bond donors (Lipinski definition) is 1. The fourth-order valence-electron chi connectivity index (χ4n) is 1.34. The van der Waals surface area contributed by atoms with E-state index in [0.29, 0.717) is 5.69 Å². The molecule has 1 aromatic heterocycles. The molecule has 0 aliphatic rings. The van der Waals surface area contributed by atoms with Crippen molar-refractivity contribution >= 4 is 11.8 Å². The minimum atomic E-state index is -0.466. The minimum Gasteiger partial charge on any atom is -0.325 e. The van der Waals surface area contributed by atoms with Gasteiger partial charge in [0.25, 0.3) is 0 Å². The first-order valence-corrected chi connectivity index (χ1v) is 5.79. The third kappa shape index (κ3) is 2.81. The number of halogens is 2. The van der Waals surface area contributed by atoms with Gasteiger partial charge in [0.15, 0.2) is 0 Å². The lowest BCUT2D eigenvalue weighted by Crippen LogP contribution is -2.01. The van der Waals surface area contributed by atoms with Crippen molar-refractivity contribution in [3.63, 3.8) is 0 Å². The monoisotopic (exact) mass is 252 g/mol. The fourth-order valence-corrected chi connectivity index (χ4v) is 2.32. The van der Waals surface area contributed by atoms with Gasteiger partial charge in [-0.15, -0.1) is 0 Å². The molecule has 0 aliphatic carbocycles. The molecule has 1 aromatic carbocycles. The first kappa shape index (κ1) is 12.0. The van der Waals surface area contributed by atoms with Crippen LogP contribution in [0.15, 0.2) is 46.3 Å². The van der Waals surface area contributed by atoms with Crippen LogP contribution in [-0.2, 0) is 6.54 Å². The molecule has 0 atom stereocenters. The fraction of sp³-hybridized carbons (Fsp3) is 0.0833. The summed E-state index contributed by atoms with van der Waals surface area (Å²) < 4.78 is 26.5. The number of hydrogen-bond acceptors (Lipinski definition) is 3. The van der Waals surface area contributed by atoms with Crippen molar-refractivity contribution in [1.82, 2.24) is 4.98 Å². The van der Waals surface area contributed by atoms with Crippen molar-refractivity contribution in [1.29, 1.82) is 0 Å². The van der Waals surface area contributed by atoms with Gasteiger partial charge in [-0.2, -0.15) is 0 Å². The van der Waals surface area contributed by atoms with Gasteiger partial charge >= 0.3 is 0 Å². The lowest BCUT2D eigenvalue weighted by atomic mass is 10.3. The molecule has 0 amide bonds. The van der Waals surface area contributed by atoms with Crippen LogP contribution in [-0.4, -0.2) is 4.98 Å². The van der Waals surface area contributed by atoms with Gasteiger partial charge in [0, 0.05) is 17.6 Å². The van der Waals surface area contributed by atoms with Crippen LogP contribution in [0.1, 0.15) is 5.69 Å². The predicted octanol–water partition coefficient (Wildman–Crippen LogP) is 2.97. The minimum absolute atomic E-state index is 0.229. The van der Waals surface area contributed by atoms with E-state index in [1.54, 1.807) is 18.3 Å². The maximum Gasteiger partial charge on any atom is 0.137 e. The van der Waals surface area contributed by atoms with Crippen molar-refractivity contribution in [2.24, 2.45) is 5.73 Å². The summed E-state index contributed by atoms with van der Waals surface area (Å²) in [4.78, 5) is 5.05. The van der Waals surface area contributed by atoms with E-state index in [4.69, 9.17) is 5.73 Å². The Balaban J connectivity index is 2.34. The van der Waals surface area contributed by atoms with E-state index in [-0.39, 0.29) is 11.4 Å². The molecular weight excluding hydrogens is 242 g/mol. The molecule has 0 saturated heterocycles. The highest BCUT2D eigenvalue weighted by Crippen LogP contribution is 2.31.